The summed E-state index contributed by atoms with van der Waals surface area (Å²) in [5, 5.41) is 0. The van der Waals surface area contributed by atoms with Crippen LogP contribution in [0, 0.1) is 18.8 Å². The summed E-state index contributed by atoms with van der Waals surface area (Å²) >= 11 is 0. The molecule has 1 aromatic rings. The smallest absolute Gasteiger partial charge is 0.225 e. The lowest BCUT2D eigenvalue weighted by Crippen LogP contribution is -2.42. The lowest BCUT2D eigenvalue weighted by atomic mass is 9.86. The molecule has 0 spiro atoms. The van der Waals surface area contributed by atoms with Gasteiger partial charge >= 0.3 is 0 Å². The number of aryl methyl sites for hydroxylation is 1. The van der Waals surface area contributed by atoms with Gasteiger partial charge < -0.3 is 14.2 Å². The zero-order valence-corrected chi connectivity index (χ0v) is 16.6. The quantitative estimate of drug-likeness (QED) is 0.697. The molecule has 5 nitrogen and oxygen atoms in total. The fourth-order valence-electron chi connectivity index (χ4n) is 4.57. The number of imidazole rings is 1. The van der Waals surface area contributed by atoms with E-state index in [1.165, 1.54) is 30.8 Å². The first kappa shape index (κ1) is 19.4. The van der Waals surface area contributed by atoms with Crippen molar-refractivity contribution in [1.82, 2.24) is 14.5 Å². The molecule has 0 radical (unpaired) electrons. The van der Waals surface area contributed by atoms with Crippen LogP contribution in [0.15, 0.2) is 6.20 Å². The van der Waals surface area contributed by atoms with Crippen LogP contribution in [0.4, 0.5) is 0 Å². The van der Waals surface area contributed by atoms with Gasteiger partial charge in [0.25, 0.3) is 0 Å². The Kier molecular flexibility index (Phi) is 7.12. The number of likely N-dealkylation sites (tertiary alicyclic amines) is 1. The SMILES string of the molecule is COCCCn1c(C)cnc1CC1CCN(C(=O)C2CCCCC2)CC1. The third kappa shape index (κ3) is 4.87. The number of methoxy groups -OCH3 is 1. The number of carbonyl (C=O) groups is 1. The van der Waals surface area contributed by atoms with Crippen LogP contribution in [0.5, 0.6) is 0 Å². The molecule has 1 amide bonds. The van der Waals surface area contributed by atoms with Crippen molar-refractivity contribution in [2.24, 2.45) is 11.8 Å². The van der Waals surface area contributed by atoms with Gasteiger partial charge in [-0.05, 0) is 44.9 Å². The highest BCUT2D eigenvalue weighted by Gasteiger charge is 2.29. The molecule has 1 aliphatic heterocycles. The Balaban J connectivity index is 1.49. The van der Waals surface area contributed by atoms with Crippen LogP contribution >= 0.6 is 0 Å². The number of nitrogens with zero attached hydrogens (tertiary/aromatic N) is 3. The summed E-state index contributed by atoms with van der Waals surface area (Å²) in [6, 6.07) is 0. The van der Waals surface area contributed by atoms with E-state index < -0.39 is 0 Å². The van der Waals surface area contributed by atoms with Crippen molar-refractivity contribution in [2.45, 2.75) is 71.3 Å². The average molecular weight is 362 g/mol. The van der Waals surface area contributed by atoms with Crippen molar-refractivity contribution in [2.75, 3.05) is 26.8 Å². The van der Waals surface area contributed by atoms with Gasteiger partial charge in [0.15, 0.2) is 0 Å². The summed E-state index contributed by atoms with van der Waals surface area (Å²) in [6.07, 6.45) is 12.3. The largest absolute Gasteiger partial charge is 0.385 e. The highest BCUT2D eigenvalue weighted by molar-refractivity contribution is 5.79. The van der Waals surface area contributed by atoms with E-state index in [-0.39, 0.29) is 0 Å². The molecule has 1 saturated heterocycles. The van der Waals surface area contributed by atoms with Crippen molar-refractivity contribution >= 4 is 5.91 Å². The van der Waals surface area contributed by atoms with Gasteiger partial charge in [-0.3, -0.25) is 4.79 Å². The molecule has 26 heavy (non-hydrogen) atoms. The maximum absolute atomic E-state index is 12.7. The van der Waals surface area contributed by atoms with E-state index in [9.17, 15) is 4.79 Å². The first-order valence-electron chi connectivity index (χ1n) is 10.5. The second kappa shape index (κ2) is 9.54. The first-order valence-corrected chi connectivity index (χ1v) is 10.5. The molecule has 1 aliphatic carbocycles. The maximum Gasteiger partial charge on any atom is 0.225 e. The van der Waals surface area contributed by atoms with Gasteiger partial charge in [-0.25, -0.2) is 4.98 Å². The van der Waals surface area contributed by atoms with Crippen molar-refractivity contribution in [1.29, 1.82) is 0 Å². The summed E-state index contributed by atoms with van der Waals surface area (Å²) in [7, 11) is 1.75. The molecule has 0 bridgehead atoms. The number of hydrogen-bond acceptors (Lipinski definition) is 3. The molecular weight excluding hydrogens is 326 g/mol. The number of carbonyl (C=O) groups excluding carboxylic acids is 1. The Bertz CT molecular complexity index is 570. The molecule has 0 aromatic carbocycles. The molecule has 0 unspecified atom stereocenters. The molecular formula is C21H35N3O2. The number of hydrogen-bond donors (Lipinski definition) is 0. The van der Waals surface area contributed by atoms with Gasteiger partial charge in [-0.1, -0.05) is 19.3 Å². The molecule has 146 valence electrons. The van der Waals surface area contributed by atoms with Gasteiger partial charge in [0.05, 0.1) is 0 Å². The Morgan fingerprint density at radius 2 is 1.92 bits per heavy atom. The molecule has 1 saturated carbocycles. The fraction of sp³-hybridized carbons (Fsp3) is 0.810. The average Bonchev–Trinajstić information content (AvgIpc) is 3.02. The summed E-state index contributed by atoms with van der Waals surface area (Å²) in [4.78, 5) is 19.5. The predicted octanol–water partition coefficient (Wildman–Crippen LogP) is 3.59. The standard InChI is InChI=1S/C21H35N3O2/c1-17-16-22-20(24(17)11-6-14-26-2)15-18-9-12-23(13-10-18)21(25)19-7-4-3-5-8-19/h16,18-19H,3-15H2,1-2H3. The molecule has 5 heteroatoms. The van der Waals surface area contributed by atoms with Crippen LogP contribution in [0.25, 0.3) is 0 Å². The Morgan fingerprint density at radius 1 is 1.19 bits per heavy atom. The minimum absolute atomic E-state index is 0.308. The molecule has 2 fully saturated rings. The number of amides is 1. The minimum Gasteiger partial charge on any atom is -0.385 e. The zero-order valence-electron chi connectivity index (χ0n) is 16.6. The predicted molar refractivity (Wildman–Crippen MR) is 103 cm³/mol. The second-order valence-electron chi connectivity index (χ2n) is 8.12. The van der Waals surface area contributed by atoms with Gasteiger partial charge in [-0.2, -0.15) is 0 Å². The van der Waals surface area contributed by atoms with Crippen LogP contribution in [-0.4, -0.2) is 47.2 Å². The molecule has 0 atom stereocenters. The normalized spacial score (nSPS) is 19.8. The van der Waals surface area contributed by atoms with Crippen LogP contribution in [0.2, 0.25) is 0 Å². The fourth-order valence-corrected chi connectivity index (χ4v) is 4.57. The summed E-state index contributed by atoms with van der Waals surface area (Å²) in [5.41, 5.74) is 1.24. The van der Waals surface area contributed by atoms with Crippen molar-refractivity contribution < 1.29 is 9.53 Å². The van der Waals surface area contributed by atoms with E-state index in [4.69, 9.17) is 4.74 Å². The molecule has 3 rings (SSSR count). The van der Waals surface area contributed by atoms with E-state index in [0.717, 1.165) is 64.8 Å². The third-order valence-electron chi connectivity index (χ3n) is 6.22. The van der Waals surface area contributed by atoms with Crippen molar-refractivity contribution in [3.63, 3.8) is 0 Å². The maximum atomic E-state index is 12.7. The summed E-state index contributed by atoms with van der Waals surface area (Å²) in [6.45, 7) is 5.77. The molecule has 2 heterocycles. The first-order chi connectivity index (χ1) is 12.7. The second-order valence-corrected chi connectivity index (χ2v) is 8.12. The van der Waals surface area contributed by atoms with Crippen molar-refractivity contribution in [3.05, 3.63) is 17.7 Å². The van der Waals surface area contributed by atoms with E-state index >= 15 is 0 Å². The zero-order chi connectivity index (χ0) is 18.4. The molecule has 0 N–H and O–H groups in total. The molecule has 2 aliphatic rings. The van der Waals surface area contributed by atoms with E-state index in [1.807, 2.05) is 6.20 Å². The Hall–Kier alpha value is -1.36. The van der Waals surface area contributed by atoms with Crippen LogP contribution in [-0.2, 0) is 22.5 Å². The Morgan fingerprint density at radius 3 is 2.62 bits per heavy atom. The van der Waals surface area contributed by atoms with Gasteiger partial charge in [-0.15, -0.1) is 0 Å². The lowest BCUT2D eigenvalue weighted by Gasteiger charge is -2.35. The third-order valence-corrected chi connectivity index (χ3v) is 6.22. The molecule has 1 aromatic heterocycles. The van der Waals surface area contributed by atoms with Gasteiger partial charge in [0.1, 0.15) is 5.82 Å². The van der Waals surface area contributed by atoms with Crippen LogP contribution in [0.3, 0.4) is 0 Å². The number of rotatable bonds is 7. The van der Waals surface area contributed by atoms with Crippen LogP contribution < -0.4 is 0 Å². The van der Waals surface area contributed by atoms with Crippen LogP contribution in [0.1, 0.15) is 62.9 Å². The minimum atomic E-state index is 0.308. The highest BCUT2D eigenvalue weighted by Crippen LogP contribution is 2.28. The summed E-state index contributed by atoms with van der Waals surface area (Å²) in [5.74, 6) is 2.59. The van der Waals surface area contributed by atoms with E-state index in [1.54, 1.807) is 7.11 Å². The Labute approximate surface area is 158 Å². The summed E-state index contributed by atoms with van der Waals surface area (Å²) < 4.78 is 7.53. The number of aromatic nitrogens is 2. The highest BCUT2D eigenvalue weighted by atomic mass is 16.5. The monoisotopic (exact) mass is 361 g/mol. The number of ether oxygens (including phenoxy) is 1. The lowest BCUT2D eigenvalue weighted by molar-refractivity contribution is -0.138. The number of piperidine rings is 1. The van der Waals surface area contributed by atoms with Gasteiger partial charge in [0, 0.05) is 57.6 Å². The van der Waals surface area contributed by atoms with Gasteiger partial charge in [0.2, 0.25) is 5.91 Å². The topological polar surface area (TPSA) is 47.4 Å². The van der Waals surface area contributed by atoms with E-state index in [2.05, 4.69) is 21.4 Å². The van der Waals surface area contributed by atoms with E-state index in [0.29, 0.717) is 17.7 Å². The van der Waals surface area contributed by atoms with Crippen molar-refractivity contribution in [3.8, 4) is 0 Å².